The first-order valence-electron chi connectivity index (χ1n) is 8.56. The van der Waals surface area contributed by atoms with E-state index in [1.165, 1.54) is 0 Å². The van der Waals surface area contributed by atoms with Crippen molar-refractivity contribution in [2.24, 2.45) is 11.7 Å². The highest BCUT2D eigenvalue weighted by molar-refractivity contribution is 5.97. The van der Waals surface area contributed by atoms with Gasteiger partial charge >= 0.3 is 0 Å². The molecule has 0 spiro atoms. The Kier molecular flexibility index (Phi) is 5.04. The number of ether oxygens (including phenoxy) is 1. The van der Waals surface area contributed by atoms with Crippen molar-refractivity contribution in [2.45, 2.75) is 44.2 Å². The summed E-state index contributed by atoms with van der Waals surface area (Å²) in [5, 5.41) is 3.00. The fourth-order valence-electron chi connectivity index (χ4n) is 3.68. The van der Waals surface area contributed by atoms with Crippen molar-refractivity contribution in [3.63, 3.8) is 0 Å². The molecule has 1 unspecified atom stereocenters. The third-order valence-corrected chi connectivity index (χ3v) is 5.02. The highest BCUT2D eigenvalue weighted by Crippen LogP contribution is 2.28. The molecule has 6 nitrogen and oxygen atoms in total. The summed E-state index contributed by atoms with van der Waals surface area (Å²) < 4.78 is 5.21. The van der Waals surface area contributed by atoms with E-state index in [9.17, 15) is 9.59 Å². The SMILES string of the molecule is COc1cccc(N2CC(NC(=O)C[C@@H]3CCC[C@H]3N)CC2=O)c1. The maximum atomic E-state index is 12.3. The Bertz CT molecular complexity index is 619. The number of carbonyl (C=O) groups is 2. The van der Waals surface area contributed by atoms with Crippen LogP contribution in [0.1, 0.15) is 32.1 Å². The van der Waals surface area contributed by atoms with Gasteiger partial charge in [-0.1, -0.05) is 12.5 Å². The molecule has 2 amide bonds. The van der Waals surface area contributed by atoms with Gasteiger partial charge in [-0.25, -0.2) is 0 Å². The maximum absolute atomic E-state index is 12.3. The Labute approximate surface area is 142 Å². The first-order valence-corrected chi connectivity index (χ1v) is 8.56. The van der Waals surface area contributed by atoms with Gasteiger partial charge in [0.2, 0.25) is 11.8 Å². The van der Waals surface area contributed by atoms with Crippen molar-refractivity contribution in [3.05, 3.63) is 24.3 Å². The van der Waals surface area contributed by atoms with Gasteiger partial charge in [-0.15, -0.1) is 0 Å². The van der Waals surface area contributed by atoms with Crippen LogP contribution in [0.3, 0.4) is 0 Å². The smallest absolute Gasteiger partial charge is 0.229 e. The molecule has 130 valence electrons. The van der Waals surface area contributed by atoms with Crippen LogP contribution in [0.4, 0.5) is 5.69 Å². The van der Waals surface area contributed by atoms with Crippen molar-refractivity contribution >= 4 is 17.5 Å². The average molecular weight is 331 g/mol. The van der Waals surface area contributed by atoms with E-state index in [0.717, 1.165) is 24.9 Å². The van der Waals surface area contributed by atoms with E-state index < -0.39 is 0 Å². The predicted octanol–water partition coefficient (Wildman–Crippen LogP) is 1.43. The number of rotatable bonds is 5. The van der Waals surface area contributed by atoms with Crippen molar-refractivity contribution < 1.29 is 14.3 Å². The lowest BCUT2D eigenvalue weighted by Crippen LogP contribution is -2.39. The highest BCUT2D eigenvalue weighted by atomic mass is 16.5. The van der Waals surface area contributed by atoms with Crippen LogP contribution < -0.4 is 20.7 Å². The molecular formula is C18H25N3O3. The maximum Gasteiger partial charge on any atom is 0.229 e. The number of methoxy groups -OCH3 is 1. The number of nitrogens with zero attached hydrogens (tertiary/aromatic N) is 1. The molecule has 2 aliphatic rings. The second kappa shape index (κ2) is 7.21. The molecule has 1 saturated carbocycles. The van der Waals surface area contributed by atoms with Crippen molar-refractivity contribution in [2.75, 3.05) is 18.6 Å². The molecule has 24 heavy (non-hydrogen) atoms. The van der Waals surface area contributed by atoms with Gasteiger partial charge in [0.1, 0.15) is 5.75 Å². The normalized spacial score (nSPS) is 26.7. The number of nitrogens with two attached hydrogens (primary N) is 1. The van der Waals surface area contributed by atoms with Crippen molar-refractivity contribution in [1.29, 1.82) is 0 Å². The molecule has 1 aliphatic heterocycles. The van der Waals surface area contributed by atoms with Gasteiger partial charge in [-0.3, -0.25) is 9.59 Å². The average Bonchev–Trinajstić information content (AvgIpc) is 3.13. The molecule has 1 aliphatic carbocycles. The molecule has 3 rings (SSSR count). The Morgan fingerprint density at radius 1 is 1.42 bits per heavy atom. The van der Waals surface area contributed by atoms with Crippen LogP contribution in [0.5, 0.6) is 5.75 Å². The number of benzene rings is 1. The number of hydrogen-bond donors (Lipinski definition) is 2. The molecule has 2 fully saturated rings. The van der Waals surface area contributed by atoms with Crippen LogP contribution in [0.2, 0.25) is 0 Å². The number of anilines is 1. The van der Waals surface area contributed by atoms with E-state index in [1.807, 2.05) is 24.3 Å². The molecule has 0 aromatic heterocycles. The molecule has 3 atom stereocenters. The van der Waals surface area contributed by atoms with Gasteiger partial charge in [0.15, 0.2) is 0 Å². The number of carbonyl (C=O) groups excluding carboxylic acids is 2. The second-order valence-corrected chi connectivity index (χ2v) is 6.73. The van der Waals surface area contributed by atoms with Crippen LogP contribution >= 0.6 is 0 Å². The molecular weight excluding hydrogens is 306 g/mol. The summed E-state index contributed by atoms with van der Waals surface area (Å²) in [4.78, 5) is 26.2. The highest BCUT2D eigenvalue weighted by Gasteiger charge is 2.33. The predicted molar refractivity (Wildman–Crippen MR) is 91.8 cm³/mol. The van der Waals surface area contributed by atoms with Crippen LogP contribution in [0.15, 0.2) is 24.3 Å². The molecule has 1 aromatic rings. The van der Waals surface area contributed by atoms with E-state index in [1.54, 1.807) is 12.0 Å². The lowest BCUT2D eigenvalue weighted by Gasteiger charge is -2.19. The Hall–Kier alpha value is -2.08. The van der Waals surface area contributed by atoms with Crippen molar-refractivity contribution in [1.82, 2.24) is 5.32 Å². The topological polar surface area (TPSA) is 84.7 Å². The van der Waals surface area contributed by atoms with Gasteiger partial charge in [0.25, 0.3) is 0 Å². The zero-order chi connectivity index (χ0) is 17.1. The largest absolute Gasteiger partial charge is 0.497 e. The van der Waals surface area contributed by atoms with Gasteiger partial charge in [-0.05, 0) is 30.9 Å². The van der Waals surface area contributed by atoms with E-state index >= 15 is 0 Å². The lowest BCUT2D eigenvalue weighted by atomic mass is 9.99. The molecule has 0 radical (unpaired) electrons. The minimum absolute atomic E-state index is 0.00245. The van der Waals surface area contributed by atoms with Gasteiger partial charge < -0.3 is 20.7 Å². The third kappa shape index (κ3) is 3.70. The summed E-state index contributed by atoms with van der Waals surface area (Å²) in [6.07, 6.45) is 3.92. The minimum atomic E-state index is -0.145. The quantitative estimate of drug-likeness (QED) is 0.855. The first kappa shape index (κ1) is 16.8. The number of amides is 2. The van der Waals surface area contributed by atoms with Crippen LogP contribution in [-0.2, 0) is 9.59 Å². The molecule has 1 aromatic carbocycles. The van der Waals surface area contributed by atoms with E-state index in [4.69, 9.17) is 10.5 Å². The Morgan fingerprint density at radius 3 is 2.96 bits per heavy atom. The standard InChI is InChI=1S/C18H25N3O3/c1-24-15-6-3-5-14(10-15)21-11-13(9-18(21)23)20-17(22)8-12-4-2-7-16(12)19/h3,5-6,10,12-13,16H,2,4,7-9,11,19H2,1H3,(H,20,22)/t12-,13?,16+/m0/s1. The summed E-state index contributed by atoms with van der Waals surface area (Å²) in [5.41, 5.74) is 6.83. The Morgan fingerprint density at radius 2 is 2.25 bits per heavy atom. The molecule has 1 saturated heterocycles. The monoisotopic (exact) mass is 331 g/mol. The molecule has 0 bridgehead atoms. The van der Waals surface area contributed by atoms with Gasteiger partial charge in [0.05, 0.1) is 13.2 Å². The fraction of sp³-hybridized carbons (Fsp3) is 0.556. The summed E-state index contributed by atoms with van der Waals surface area (Å²) in [6, 6.07) is 7.40. The summed E-state index contributed by atoms with van der Waals surface area (Å²) in [7, 11) is 1.60. The second-order valence-electron chi connectivity index (χ2n) is 6.73. The number of hydrogen-bond acceptors (Lipinski definition) is 4. The molecule has 3 N–H and O–H groups in total. The number of nitrogens with one attached hydrogen (secondary N) is 1. The van der Waals surface area contributed by atoms with Crippen LogP contribution in [0, 0.1) is 5.92 Å². The summed E-state index contributed by atoms with van der Waals surface area (Å²) in [5.74, 6) is 1.01. The first-order chi connectivity index (χ1) is 11.6. The van der Waals surface area contributed by atoms with E-state index in [-0.39, 0.29) is 29.8 Å². The van der Waals surface area contributed by atoms with Gasteiger partial charge in [-0.2, -0.15) is 0 Å². The summed E-state index contributed by atoms with van der Waals surface area (Å²) >= 11 is 0. The van der Waals surface area contributed by atoms with Crippen LogP contribution in [-0.4, -0.2) is 37.6 Å². The van der Waals surface area contributed by atoms with Crippen molar-refractivity contribution in [3.8, 4) is 5.75 Å². The minimum Gasteiger partial charge on any atom is -0.497 e. The van der Waals surface area contributed by atoms with E-state index in [0.29, 0.717) is 25.1 Å². The molecule has 6 heteroatoms. The molecule has 1 heterocycles. The zero-order valence-electron chi connectivity index (χ0n) is 14.0. The Balaban J connectivity index is 1.57. The van der Waals surface area contributed by atoms with E-state index in [2.05, 4.69) is 5.32 Å². The fourth-order valence-corrected chi connectivity index (χ4v) is 3.68. The lowest BCUT2D eigenvalue weighted by molar-refractivity contribution is -0.122. The summed E-state index contributed by atoms with van der Waals surface area (Å²) in [6.45, 7) is 0.495. The van der Waals surface area contributed by atoms with Gasteiger partial charge in [0, 0.05) is 37.2 Å². The zero-order valence-corrected chi connectivity index (χ0v) is 14.0. The van der Waals surface area contributed by atoms with Crippen LogP contribution in [0.25, 0.3) is 0 Å². The third-order valence-electron chi connectivity index (χ3n) is 5.02.